The molecule has 4 nitrogen and oxygen atoms in total. The molecular formula is C13H20FNO3. The number of hydrogen-bond donors (Lipinski definition) is 3. The van der Waals surface area contributed by atoms with Gasteiger partial charge >= 0.3 is 0 Å². The lowest BCUT2D eigenvalue weighted by molar-refractivity contribution is 0.000942. The van der Waals surface area contributed by atoms with E-state index in [1.807, 2.05) is 0 Å². The third-order valence-corrected chi connectivity index (χ3v) is 2.80. The van der Waals surface area contributed by atoms with Gasteiger partial charge in [0.15, 0.2) is 0 Å². The Labute approximate surface area is 106 Å². The maximum absolute atomic E-state index is 13.8. The zero-order valence-corrected chi connectivity index (χ0v) is 10.9. The number of benzene rings is 1. The van der Waals surface area contributed by atoms with Gasteiger partial charge in [0, 0.05) is 18.2 Å². The molecule has 18 heavy (non-hydrogen) atoms. The average molecular weight is 257 g/mol. The standard InChI is InChI=1S/C13H20FNO3/c1-9(15-7-13(2,17)8-16)12-10(14)5-4-6-11(12)18-3/h4-6,9,15-17H,7-8H2,1-3H3. The summed E-state index contributed by atoms with van der Waals surface area (Å²) in [6.07, 6.45) is 0. The summed E-state index contributed by atoms with van der Waals surface area (Å²) in [5.41, 5.74) is -0.819. The smallest absolute Gasteiger partial charge is 0.131 e. The van der Waals surface area contributed by atoms with Gasteiger partial charge in [-0.3, -0.25) is 0 Å². The zero-order valence-electron chi connectivity index (χ0n) is 10.9. The van der Waals surface area contributed by atoms with E-state index in [1.165, 1.54) is 20.1 Å². The first-order chi connectivity index (χ1) is 8.41. The second-order valence-corrected chi connectivity index (χ2v) is 4.61. The SMILES string of the molecule is COc1cccc(F)c1C(C)NCC(C)(O)CO. The van der Waals surface area contributed by atoms with Crippen LogP contribution >= 0.6 is 0 Å². The van der Waals surface area contributed by atoms with Crippen molar-refractivity contribution in [3.05, 3.63) is 29.6 Å². The van der Waals surface area contributed by atoms with E-state index < -0.39 is 5.60 Å². The third-order valence-electron chi connectivity index (χ3n) is 2.80. The molecule has 0 saturated carbocycles. The van der Waals surface area contributed by atoms with Crippen molar-refractivity contribution in [2.24, 2.45) is 0 Å². The molecule has 0 saturated heterocycles. The Bertz CT molecular complexity index is 396. The van der Waals surface area contributed by atoms with E-state index in [0.29, 0.717) is 11.3 Å². The molecule has 0 aliphatic rings. The lowest BCUT2D eigenvalue weighted by Crippen LogP contribution is -2.41. The van der Waals surface area contributed by atoms with Crippen LogP contribution in [0.1, 0.15) is 25.5 Å². The molecular weight excluding hydrogens is 237 g/mol. The second kappa shape index (κ2) is 6.13. The summed E-state index contributed by atoms with van der Waals surface area (Å²) < 4.78 is 18.9. The molecule has 0 bridgehead atoms. The van der Waals surface area contributed by atoms with Crippen LogP contribution in [0.25, 0.3) is 0 Å². The lowest BCUT2D eigenvalue weighted by atomic mass is 10.0. The van der Waals surface area contributed by atoms with Crippen LogP contribution in [0.3, 0.4) is 0 Å². The van der Waals surface area contributed by atoms with Crippen LogP contribution < -0.4 is 10.1 Å². The monoisotopic (exact) mass is 257 g/mol. The molecule has 2 atom stereocenters. The van der Waals surface area contributed by atoms with E-state index in [4.69, 9.17) is 9.84 Å². The highest BCUT2D eigenvalue weighted by Gasteiger charge is 2.22. The summed E-state index contributed by atoms with van der Waals surface area (Å²) in [5.74, 6) is 0.0941. The van der Waals surface area contributed by atoms with Crippen LogP contribution in [-0.2, 0) is 0 Å². The van der Waals surface area contributed by atoms with E-state index >= 15 is 0 Å². The zero-order chi connectivity index (χ0) is 13.8. The van der Waals surface area contributed by atoms with Crippen LogP contribution in [0.15, 0.2) is 18.2 Å². The summed E-state index contributed by atoms with van der Waals surface area (Å²) in [6.45, 7) is 3.07. The normalized spacial score (nSPS) is 16.1. The summed E-state index contributed by atoms with van der Waals surface area (Å²) in [6, 6.07) is 4.29. The molecule has 1 rings (SSSR count). The predicted octanol–water partition coefficient (Wildman–Crippen LogP) is 1.23. The van der Waals surface area contributed by atoms with Crippen LogP contribution in [-0.4, -0.2) is 36.1 Å². The van der Waals surface area contributed by atoms with Crippen LogP contribution in [0.2, 0.25) is 0 Å². The van der Waals surface area contributed by atoms with E-state index in [-0.39, 0.29) is 25.0 Å². The molecule has 0 spiro atoms. The average Bonchev–Trinajstić information content (AvgIpc) is 2.35. The Balaban J connectivity index is 2.81. The second-order valence-electron chi connectivity index (χ2n) is 4.61. The van der Waals surface area contributed by atoms with Gasteiger partial charge in [0.25, 0.3) is 0 Å². The highest BCUT2D eigenvalue weighted by molar-refractivity contribution is 5.36. The maximum Gasteiger partial charge on any atom is 0.131 e. The molecule has 0 amide bonds. The van der Waals surface area contributed by atoms with E-state index in [0.717, 1.165) is 0 Å². The summed E-state index contributed by atoms with van der Waals surface area (Å²) in [5, 5.41) is 21.6. The Kier molecular flexibility index (Phi) is 5.07. The highest BCUT2D eigenvalue weighted by Crippen LogP contribution is 2.27. The van der Waals surface area contributed by atoms with Crippen molar-refractivity contribution in [3.63, 3.8) is 0 Å². The molecule has 0 fully saturated rings. The van der Waals surface area contributed by atoms with Gasteiger partial charge in [-0.25, -0.2) is 4.39 Å². The van der Waals surface area contributed by atoms with Gasteiger partial charge in [0.05, 0.1) is 19.3 Å². The van der Waals surface area contributed by atoms with Crippen LogP contribution in [0.5, 0.6) is 5.75 Å². The van der Waals surface area contributed by atoms with Crippen molar-refractivity contribution in [1.29, 1.82) is 0 Å². The molecule has 5 heteroatoms. The van der Waals surface area contributed by atoms with Gasteiger partial charge in [-0.05, 0) is 26.0 Å². The fourth-order valence-corrected chi connectivity index (χ4v) is 1.65. The van der Waals surface area contributed by atoms with Crippen molar-refractivity contribution < 1.29 is 19.3 Å². The number of methoxy groups -OCH3 is 1. The summed E-state index contributed by atoms with van der Waals surface area (Å²) >= 11 is 0. The van der Waals surface area contributed by atoms with Gasteiger partial charge in [0.1, 0.15) is 11.6 Å². The molecule has 0 aromatic heterocycles. The van der Waals surface area contributed by atoms with E-state index in [2.05, 4.69) is 5.32 Å². The van der Waals surface area contributed by atoms with Crippen molar-refractivity contribution >= 4 is 0 Å². The number of aliphatic hydroxyl groups is 2. The van der Waals surface area contributed by atoms with E-state index in [9.17, 15) is 9.50 Å². The molecule has 0 aliphatic heterocycles. The molecule has 3 N–H and O–H groups in total. The van der Waals surface area contributed by atoms with Gasteiger partial charge in [-0.15, -0.1) is 0 Å². The van der Waals surface area contributed by atoms with Gasteiger partial charge in [-0.1, -0.05) is 6.07 Å². The van der Waals surface area contributed by atoms with Crippen LogP contribution in [0, 0.1) is 5.82 Å². The fourth-order valence-electron chi connectivity index (χ4n) is 1.65. The predicted molar refractivity (Wildman–Crippen MR) is 67.1 cm³/mol. The Morgan fingerprint density at radius 1 is 1.50 bits per heavy atom. The van der Waals surface area contributed by atoms with Crippen molar-refractivity contribution in [2.75, 3.05) is 20.3 Å². The lowest BCUT2D eigenvalue weighted by Gasteiger charge is -2.25. The molecule has 2 unspecified atom stereocenters. The van der Waals surface area contributed by atoms with Crippen molar-refractivity contribution in [1.82, 2.24) is 5.32 Å². The Morgan fingerprint density at radius 2 is 2.17 bits per heavy atom. The highest BCUT2D eigenvalue weighted by atomic mass is 19.1. The minimum atomic E-state index is -1.23. The summed E-state index contributed by atoms with van der Waals surface area (Å²) in [7, 11) is 1.48. The molecule has 1 aromatic rings. The largest absolute Gasteiger partial charge is 0.496 e. The number of hydrogen-bond acceptors (Lipinski definition) is 4. The third kappa shape index (κ3) is 3.66. The van der Waals surface area contributed by atoms with Gasteiger partial charge in [-0.2, -0.15) is 0 Å². The van der Waals surface area contributed by atoms with E-state index in [1.54, 1.807) is 19.1 Å². The quantitative estimate of drug-likeness (QED) is 0.717. The molecule has 102 valence electrons. The fraction of sp³-hybridized carbons (Fsp3) is 0.538. The molecule has 0 heterocycles. The van der Waals surface area contributed by atoms with Crippen molar-refractivity contribution in [3.8, 4) is 5.75 Å². The number of ether oxygens (including phenoxy) is 1. The summed E-state index contributed by atoms with van der Waals surface area (Å²) in [4.78, 5) is 0. The first kappa shape index (κ1) is 14.9. The number of rotatable bonds is 6. The first-order valence-electron chi connectivity index (χ1n) is 5.80. The Hall–Kier alpha value is -1.17. The number of aliphatic hydroxyl groups excluding tert-OH is 1. The molecule has 0 radical (unpaired) electrons. The van der Waals surface area contributed by atoms with Crippen molar-refractivity contribution in [2.45, 2.75) is 25.5 Å². The van der Waals surface area contributed by atoms with Gasteiger partial charge in [0.2, 0.25) is 0 Å². The maximum atomic E-state index is 13.8. The number of halogens is 1. The molecule has 0 aliphatic carbocycles. The first-order valence-corrected chi connectivity index (χ1v) is 5.80. The molecule has 1 aromatic carbocycles. The van der Waals surface area contributed by atoms with Crippen LogP contribution in [0.4, 0.5) is 4.39 Å². The van der Waals surface area contributed by atoms with Gasteiger partial charge < -0.3 is 20.3 Å². The topological polar surface area (TPSA) is 61.7 Å². The minimum Gasteiger partial charge on any atom is -0.496 e. The minimum absolute atomic E-state index is 0.155. The number of nitrogens with one attached hydrogen (secondary N) is 1. The Morgan fingerprint density at radius 3 is 2.72 bits per heavy atom.